The number of rotatable bonds is 9. The Hall–Kier alpha value is -3.40. The van der Waals surface area contributed by atoms with E-state index in [1.807, 2.05) is 6.92 Å². The number of anilines is 1. The van der Waals surface area contributed by atoms with E-state index >= 15 is 0 Å². The number of amides is 1. The molecule has 1 heterocycles. The molecule has 0 fully saturated rings. The quantitative estimate of drug-likeness (QED) is 0.351. The van der Waals surface area contributed by atoms with E-state index in [2.05, 4.69) is 15.2 Å². The summed E-state index contributed by atoms with van der Waals surface area (Å²) in [4.78, 5) is 25.8. The van der Waals surface area contributed by atoms with Gasteiger partial charge in [0.15, 0.2) is 6.10 Å². The van der Waals surface area contributed by atoms with Crippen molar-refractivity contribution in [1.29, 1.82) is 0 Å². The van der Waals surface area contributed by atoms with E-state index in [4.69, 9.17) is 9.26 Å². The van der Waals surface area contributed by atoms with E-state index in [1.165, 1.54) is 36.9 Å². The molecule has 1 atom stereocenters. The number of aryl methyl sites for hydroxylation is 1. The Morgan fingerprint density at radius 3 is 2.59 bits per heavy atom. The van der Waals surface area contributed by atoms with Crippen LogP contribution in [-0.4, -0.2) is 29.7 Å². The van der Waals surface area contributed by atoms with Crippen LogP contribution in [0, 0.1) is 6.92 Å². The number of halogens is 2. The van der Waals surface area contributed by atoms with Crippen molar-refractivity contribution in [2.24, 2.45) is 0 Å². The maximum absolute atomic E-state index is 12.7. The van der Waals surface area contributed by atoms with Gasteiger partial charge in [0.05, 0.1) is 22.7 Å². The molecule has 1 aromatic heterocycles. The van der Waals surface area contributed by atoms with Gasteiger partial charge in [0, 0.05) is 11.0 Å². The second kappa shape index (κ2) is 10.8. The summed E-state index contributed by atoms with van der Waals surface area (Å²) in [6.07, 6.45) is -1.18. The third-order valence-electron chi connectivity index (χ3n) is 4.17. The molecular formula is C22H20F2N2O5S. The summed E-state index contributed by atoms with van der Waals surface area (Å²) in [5, 5.41) is 6.26. The standard InChI is InChI=1S/C22H20F2N2O5S/c1-13-11-15(31-26-13)12-32-19-10-6-3-7-16(19)21(28)29-14(2)20(27)25-17-8-4-5-9-18(17)30-22(23)24/h3-11,14,22H,12H2,1-2H3,(H,25,27). The van der Waals surface area contributed by atoms with Crippen LogP contribution in [0.2, 0.25) is 0 Å². The van der Waals surface area contributed by atoms with Gasteiger partial charge in [-0.3, -0.25) is 4.79 Å². The molecule has 0 saturated heterocycles. The number of nitrogens with one attached hydrogen (secondary N) is 1. The van der Waals surface area contributed by atoms with E-state index < -0.39 is 24.6 Å². The van der Waals surface area contributed by atoms with Gasteiger partial charge in [-0.25, -0.2) is 4.79 Å². The summed E-state index contributed by atoms with van der Waals surface area (Å²) in [5.41, 5.74) is 1.09. The zero-order valence-corrected chi connectivity index (χ0v) is 18.0. The number of thioether (sulfide) groups is 1. The van der Waals surface area contributed by atoms with Crippen molar-refractivity contribution >= 4 is 29.3 Å². The number of hydrogen-bond donors (Lipinski definition) is 1. The molecule has 0 radical (unpaired) electrons. The molecule has 0 aliphatic heterocycles. The molecule has 7 nitrogen and oxygen atoms in total. The Morgan fingerprint density at radius 1 is 1.16 bits per heavy atom. The molecule has 10 heteroatoms. The van der Waals surface area contributed by atoms with Gasteiger partial charge in [-0.2, -0.15) is 8.78 Å². The van der Waals surface area contributed by atoms with Crippen LogP contribution in [0.3, 0.4) is 0 Å². The van der Waals surface area contributed by atoms with E-state index in [0.717, 1.165) is 5.69 Å². The lowest BCUT2D eigenvalue weighted by atomic mass is 10.2. The van der Waals surface area contributed by atoms with Crippen LogP contribution < -0.4 is 10.1 Å². The van der Waals surface area contributed by atoms with Gasteiger partial charge in [0.2, 0.25) is 0 Å². The highest BCUT2D eigenvalue weighted by atomic mass is 32.2. The van der Waals surface area contributed by atoms with Gasteiger partial charge in [0.1, 0.15) is 11.5 Å². The summed E-state index contributed by atoms with van der Waals surface area (Å²) in [6, 6.07) is 14.3. The van der Waals surface area contributed by atoms with Gasteiger partial charge < -0.3 is 19.3 Å². The molecule has 0 aliphatic carbocycles. The molecular weight excluding hydrogens is 442 g/mol. The molecule has 2 aromatic carbocycles. The Labute approximate surface area is 187 Å². The number of alkyl halides is 2. The molecule has 32 heavy (non-hydrogen) atoms. The molecule has 168 valence electrons. The van der Waals surface area contributed by atoms with Crippen molar-refractivity contribution in [3.63, 3.8) is 0 Å². The average molecular weight is 462 g/mol. The lowest BCUT2D eigenvalue weighted by Gasteiger charge is -2.16. The van der Waals surface area contributed by atoms with Crippen LogP contribution in [-0.2, 0) is 15.3 Å². The molecule has 1 N–H and O–H groups in total. The molecule has 0 aliphatic rings. The lowest BCUT2D eigenvalue weighted by molar-refractivity contribution is -0.123. The molecule has 0 bridgehead atoms. The topological polar surface area (TPSA) is 90.7 Å². The Kier molecular flexibility index (Phi) is 7.82. The van der Waals surface area contributed by atoms with Crippen molar-refractivity contribution in [1.82, 2.24) is 5.16 Å². The molecule has 1 unspecified atom stereocenters. The fourth-order valence-corrected chi connectivity index (χ4v) is 3.59. The number of aromatic nitrogens is 1. The maximum Gasteiger partial charge on any atom is 0.387 e. The first-order chi connectivity index (χ1) is 15.3. The summed E-state index contributed by atoms with van der Waals surface area (Å²) in [6.45, 7) is 0.155. The van der Waals surface area contributed by atoms with E-state index in [1.54, 1.807) is 36.4 Å². The molecule has 3 aromatic rings. The largest absolute Gasteiger partial charge is 0.449 e. The normalized spacial score (nSPS) is 11.8. The summed E-state index contributed by atoms with van der Waals surface area (Å²) < 4.78 is 40.0. The Balaban J connectivity index is 1.64. The Bertz CT molecular complexity index is 1090. The number of para-hydroxylation sites is 2. The molecule has 0 saturated carbocycles. The Morgan fingerprint density at radius 2 is 1.88 bits per heavy atom. The summed E-state index contributed by atoms with van der Waals surface area (Å²) in [7, 11) is 0. The number of benzene rings is 2. The smallest absolute Gasteiger partial charge is 0.387 e. The molecule has 0 spiro atoms. The fourth-order valence-electron chi connectivity index (χ4n) is 2.67. The number of carbonyl (C=O) groups is 2. The highest BCUT2D eigenvalue weighted by molar-refractivity contribution is 7.98. The monoisotopic (exact) mass is 462 g/mol. The van der Waals surface area contributed by atoms with E-state index in [9.17, 15) is 18.4 Å². The second-order valence-corrected chi connectivity index (χ2v) is 7.65. The third-order valence-corrected chi connectivity index (χ3v) is 5.26. The highest BCUT2D eigenvalue weighted by Crippen LogP contribution is 2.28. The predicted molar refractivity (Wildman–Crippen MR) is 114 cm³/mol. The van der Waals surface area contributed by atoms with Crippen LogP contribution in [0.4, 0.5) is 14.5 Å². The average Bonchev–Trinajstić information content (AvgIpc) is 3.18. The highest BCUT2D eigenvalue weighted by Gasteiger charge is 2.22. The van der Waals surface area contributed by atoms with Crippen LogP contribution >= 0.6 is 11.8 Å². The summed E-state index contributed by atoms with van der Waals surface area (Å²) in [5.74, 6) is -0.457. The first-order valence-corrected chi connectivity index (χ1v) is 10.5. The predicted octanol–water partition coefficient (Wildman–Crippen LogP) is 5.06. The van der Waals surface area contributed by atoms with Crippen LogP contribution in [0.1, 0.15) is 28.7 Å². The van der Waals surface area contributed by atoms with E-state index in [0.29, 0.717) is 16.4 Å². The minimum absolute atomic E-state index is 0.0407. The minimum Gasteiger partial charge on any atom is -0.449 e. The molecule has 1 amide bonds. The number of esters is 1. The van der Waals surface area contributed by atoms with Gasteiger partial charge in [-0.15, -0.1) is 11.8 Å². The molecule has 3 rings (SSSR count). The summed E-state index contributed by atoms with van der Waals surface area (Å²) >= 11 is 1.36. The minimum atomic E-state index is -3.04. The van der Waals surface area contributed by atoms with Gasteiger partial charge >= 0.3 is 12.6 Å². The van der Waals surface area contributed by atoms with E-state index in [-0.39, 0.29) is 17.0 Å². The van der Waals surface area contributed by atoms with Crippen molar-refractivity contribution in [2.75, 3.05) is 5.32 Å². The third kappa shape index (κ3) is 6.30. The zero-order chi connectivity index (χ0) is 23.1. The first-order valence-electron chi connectivity index (χ1n) is 9.53. The second-order valence-electron chi connectivity index (χ2n) is 6.63. The number of hydrogen-bond acceptors (Lipinski definition) is 7. The van der Waals surface area contributed by atoms with Crippen LogP contribution in [0.5, 0.6) is 5.75 Å². The fraction of sp³-hybridized carbons (Fsp3) is 0.227. The van der Waals surface area contributed by atoms with Crippen LogP contribution in [0.25, 0.3) is 0 Å². The maximum atomic E-state index is 12.7. The SMILES string of the molecule is Cc1cc(CSc2ccccc2C(=O)OC(C)C(=O)Nc2ccccc2OC(F)F)on1. The van der Waals surface area contributed by atoms with Gasteiger partial charge in [0.25, 0.3) is 5.91 Å². The van der Waals surface area contributed by atoms with Crippen molar-refractivity contribution in [2.45, 2.75) is 37.2 Å². The number of nitrogens with zero attached hydrogens (tertiary/aromatic N) is 1. The van der Waals surface area contributed by atoms with Crippen molar-refractivity contribution in [3.05, 3.63) is 71.6 Å². The van der Waals surface area contributed by atoms with Crippen LogP contribution in [0.15, 0.2) is 64.0 Å². The van der Waals surface area contributed by atoms with Gasteiger partial charge in [-0.05, 0) is 38.1 Å². The zero-order valence-electron chi connectivity index (χ0n) is 17.2. The van der Waals surface area contributed by atoms with Gasteiger partial charge in [-0.1, -0.05) is 29.4 Å². The number of carbonyl (C=O) groups excluding carboxylic acids is 2. The van der Waals surface area contributed by atoms with Crippen molar-refractivity contribution < 1.29 is 32.4 Å². The first kappa shape index (κ1) is 23.3. The lowest BCUT2D eigenvalue weighted by Crippen LogP contribution is -2.30. The van der Waals surface area contributed by atoms with Crippen molar-refractivity contribution in [3.8, 4) is 5.75 Å². The number of ether oxygens (including phenoxy) is 2.